The number of furan rings is 1. The van der Waals surface area contributed by atoms with Crippen molar-refractivity contribution in [3.63, 3.8) is 0 Å². The Morgan fingerprint density at radius 1 is 0.958 bits per heavy atom. The SMILES string of the molecule is CC(C)(O)C(C)(C)OBc1ccc(-c2cc3ccccc3o2)cc1. The van der Waals surface area contributed by atoms with Gasteiger partial charge in [0.25, 0.3) is 0 Å². The van der Waals surface area contributed by atoms with Crippen LogP contribution in [0.5, 0.6) is 0 Å². The van der Waals surface area contributed by atoms with Crippen molar-refractivity contribution in [3.05, 3.63) is 54.6 Å². The van der Waals surface area contributed by atoms with Crippen LogP contribution in [0, 0.1) is 0 Å². The van der Waals surface area contributed by atoms with Crippen molar-refractivity contribution in [2.24, 2.45) is 0 Å². The van der Waals surface area contributed by atoms with Crippen molar-refractivity contribution >= 4 is 23.9 Å². The lowest BCUT2D eigenvalue weighted by Crippen LogP contribution is -2.49. The number of rotatable bonds is 5. The molecule has 2 aromatic carbocycles. The fourth-order valence-electron chi connectivity index (χ4n) is 2.33. The van der Waals surface area contributed by atoms with E-state index in [1.54, 1.807) is 13.8 Å². The van der Waals surface area contributed by atoms with E-state index in [1.165, 1.54) is 0 Å². The van der Waals surface area contributed by atoms with E-state index in [1.807, 2.05) is 62.4 Å². The molecule has 1 aromatic heterocycles. The molecule has 1 N–H and O–H groups in total. The van der Waals surface area contributed by atoms with Crippen LogP contribution in [0.4, 0.5) is 0 Å². The normalized spacial score (nSPS) is 12.5. The van der Waals surface area contributed by atoms with Crippen LogP contribution >= 0.6 is 0 Å². The first-order chi connectivity index (χ1) is 11.3. The van der Waals surface area contributed by atoms with Crippen molar-refractivity contribution in [3.8, 4) is 11.3 Å². The van der Waals surface area contributed by atoms with Gasteiger partial charge in [-0.2, -0.15) is 0 Å². The minimum absolute atomic E-state index is 0.456. The third-order valence-electron chi connectivity index (χ3n) is 4.74. The summed E-state index contributed by atoms with van der Waals surface area (Å²) in [5.74, 6) is 0.862. The number of hydrogen-bond donors (Lipinski definition) is 1. The third kappa shape index (κ3) is 3.40. The maximum absolute atomic E-state index is 10.1. The zero-order chi connectivity index (χ0) is 17.4. The lowest BCUT2D eigenvalue weighted by Gasteiger charge is -2.37. The fraction of sp³-hybridized carbons (Fsp3) is 0.300. The minimum atomic E-state index is -0.902. The Kier molecular flexibility index (Phi) is 4.28. The van der Waals surface area contributed by atoms with Crippen molar-refractivity contribution in [2.45, 2.75) is 38.9 Å². The highest BCUT2D eigenvalue weighted by Crippen LogP contribution is 2.27. The monoisotopic (exact) mass is 322 g/mol. The van der Waals surface area contributed by atoms with Crippen molar-refractivity contribution < 1.29 is 14.2 Å². The molecule has 24 heavy (non-hydrogen) atoms. The number of fused-ring (bicyclic) bond motifs is 1. The maximum atomic E-state index is 10.1. The molecule has 0 radical (unpaired) electrons. The van der Waals surface area contributed by atoms with Crippen LogP contribution in [0.1, 0.15) is 27.7 Å². The molecule has 0 bridgehead atoms. The summed E-state index contributed by atoms with van der Waals surface area (Å²) in [6, 6.07) is 18.2. The van der Waals surface area contributed by atoms with Gasteiger partial charge in [-0.1, -0.05) is 47.9 Å². The molecule has 0 atom stereocenters. The average molecular weight is 322 g/mol. The quantitative estimate of drug-likeness (QED) is 0.729. The zero-order valence-corrected chi connectivity index (χ0v) is 14.7. The van der Waals surface area contributed by atoms with Crippen LogP contribution in [-0.2, 0) is 4.65 Å². The lowest BCUT2D eigenvalue weighted by atomic mass is 9.82. The van der Waals surface area contributed by atoms with E-state index in [4.69, 9.17) is 9.07 Å². The third-order valence-corrected chi connectivity index (χ3v) is 4.74. The molecule has 124 valence electrons. The predicted molar refractivity (Wildman–Crippen MR) is 99.9 cm³/mol. The molecule has 1 heterocycles. The summed E-state index contributed by atoms with van der Waals surface area (Å²) in [6.45, 7) is 7.32. The molecule has 0 amide bonds. The molecule has 0 aliphatic heterocycles. The van der Waals surface area contributed by atoms with E-state index in [0.717, 1.165) is 27.8 Å². The summed E-state index contributed by atoms with van der Waals surface area (Å²) >= 11 is 0. The topological polar surface area (TPSA) is 42.6 Å². The van der Waals surface area contributed by atoms with E-state index in [-0.39, 0.29) is 0 Å². The van der Waals surface area contributed by atoms with E-state index >= 15 is 0 Å². The highest BCUT2D eigenvalue weighted by atomic mass is 16.5. The summed E-state index contributed by atoms with van der Waals surface area (Å²) in [5, 5.41) is 11.3. The molecule has 0 saturated carbocycles. The second-order valence-corrected chi connectivity index (χ2v) is 7.20. The summed E-state index contributed by atoms with van der Waals surface area (Å²) < 4.78 is 11.8. The molecular formula is C20H23BO3. The van der Waals surface area contributed by atoms with Gasteiger partial charge < -0.3 is 14.2 Å². The first kappa shape index (κ1) is 16.8. The largest absolute Gasteiger partial charge is 0.456 e. The summed E-state index contributed by atoms with van der Waals surface area (Å²) in [6.07, 6.45) is 0. The van der Waals surface area contributed by atoms with Crippen molar-refractivity contribution in [1.29, 1.82) is 0 Å². The molecule has 3 aromatic rings. The van der Waals surface area contributed by atoms with E-state index < -0.39 is 11.2 Å². The average Bonchev–Trinajstić information content (AvgIpc) is 2.96. The van der Waals surface area contributed by atoms with Crippen LogP contribution in [-0.4, -0.2) is 23.8 Å². The summed E-state index contributed by atoms with van der Waals surface area (Å²) in [7, 11) is 0.456. The van der Waals surface area contributed by atoms with Crippen LogP contribution in [0.2, 0.25) is 0 Å². The number of aliphatic hydroxyl groups is 1. The Labute approximate surface area is 143 Å². The minimum Gasteiger partial charge on any atom is -0.456 e. The van der Waals surface area contributed by atoms with Crippen LogP contribution in [0.25, 0.3) is 22.3 Å². The Bertz CT molecular complexity index is 793. The van der Waals surface area contributed by atoms with E-state index in [2.05, 4.69) is 6.07 Å². The van der Waals surface area contributed by atoms with Gasteiger partial charge in [0.05, 0.1) is 11.2 Å². The molecule has 4 heteroatoms. The van der Waals surface area contributed by atoms with Gasteiger partial charge in [0.1, 0.15) is 11.3 Å². The van der Waals surface area contributed by atoms with Crippen LogP contribution in [0.15, 0.2) is 59.0 Å². The molecule has 0 fully saturated rings. The molecule has 0 aliphatic carbocycles. The smallest absolute Gasteiger partial charge is 0.309 e. The van der Waals surface area contributed by atoms with Crippen LogP contribution in [0.3, 0.4) is 0 Å². The molecule has 0 aliphatic rings. The fourth-order valence-corrected chi connectivity index (χ4v) is 2.33. The van der Waals surface area contributed by atoms with Crippen molar-refractivity contribution in [2.75, 3.05) is 0 Å². The van der Waals surface area contributed by atoms with E-state index in [9.17, 15) is 5.11 Å². The Hall–Kier alpha value is -2.04. The van der Waals surface area contributed by atoms with E-state index in [0.29, 0.717) is 7.48 Å². The van der Waals surface area contributed by atoms with Crippen LogP contribution < -0.4 is 5.46 Å². The Balaban J connectivity index is 1.74. The van der Waals surface area contributed by atoms with Gasteiger partial charge in [0.15, 0.2) is 0 Å². The number of para-hydroxylation sites is 1. The van der Waals surface area contributed by atoms with Gasteiger partial charge in [-0.05, 0) is 39.8 Å². The van der Waals surface area contributed by atoms with Gasteiger partial charge in [-0.15, -0.1) is 0 Å². The van der Waals surface area contributed by atoms with Gasteiger partial charge in [0, 0.05) is 10.9 Å². The molecular weight excluding hydrogens is 299 g/mol. The zero-order valence-electron chi connectivity index (χ0n) is 14.7. The van der Waals surface area contributed by atoms with Gasteiger partial charge in [0.2, 0.25) is 0 Å². The highest BCUT2D eigenvalue weighted by molar-refractivity contribution is 6.47. The number of benzene rings is 2. The molecule has 0 unspecified atom stereocenters. The Morgan fingerprint density at radius 2 is 1.62 bits per heavy atom. The molecule has 3 nitrogen and oxygen atoms in total. The number of hydrogen-bond acceptors (Lipinski definition) is 3. The highest BCUT2D eigenvalue weighted by Gasteiger charge is 2.35. The second-order valence-electron chi connectivity index (χ2n) is 7.20. The molecule has 3 rings (SSSR count). The Morgan fingerprint density at radius 3 is 2.25 bits per heavy atom. The maximum Gasteiger partial charge on any atom is 0.309 e. The second kappa shape index (κ2) is 6.12. The van der Waals surface area contributed by atoms with Gasteiger partial charge >= 0.3 is 7.48 Å². The lowest BCUT2D eigenvalue weighted by molar-refractivity contribution is -0.0893. The molecule has 0 spiro atoms. The predicted octanol–water partition coefficient (Wildman–Crippen LogP) is 3.64. The van der Waals surface area contributed by atoms with Gasteiger partial charge in [-0.3, -0.25) is 0 Å². The summed E-state index contributed by atoms with van der Waals surface area (Å²) in [5.41, 5.74) is 1.47. The standard InChI is InChI=1S/C20H23BO3/c1-19(2,22)20(3,4)24-21-16-11-9-14(10-12-16)18-13-15-7-5-6-8-17(15)23-18/h5-13,21-22H,1-4H3. The first-order valence-corrected chi connectivity index (χ1v) is 8.20. The summed E-state index contributed by atoms with van der Waals surface area (Å²) in [4.78, 5) is 0. The van der Waals surface area contributed by atoms with Crippen molar-refractivity contribution in [1.82, 2.24) is 0 Å². The van der Waals surface area contributed by atoms with Gasteiger partial charge in [-0.25, -0.2) is 0 Å². The molecule has 0 saturated heterocycles. The first-order valence-electron chi connectivity index (χ1n) is 8.20.